The van der Waals surface area contributed by atoms with Crippen molar-refractivity contribution < 1.29 is 14.3 Å². The highest BCUT2D eigenvalue weighted by Crippen LogP contribution is 2.23. The molecule has 2 rings (SSSR count). The first-order valence-electron chi connectivity index (χ1n) is 6.98. The fourth-order valence-electron chi connectivity index (χ4n) is 2.33. The Morgan fingerprint density at radius 3 is 2.60 bits per heavy atom. The van der Waals surface area contributed by atoms with E-state index in [1.807, 2.05) is 44.2 Å². The summed E-state index contributed by atoms with van der Waals surface area (Å²) in [7, 11) is 0. The van der Waals surface area contributed by atoms with E-state index in [-0.39, 0.29) is 18.5 Å². The molecular formula is C16H21NO3. The number of benzene rings is 1. The Kier molecular flexibility index (Phi) is 4.42. The highest BCUT2D eigenvalue weighted by molar-refractivity contribution is 5.80. The van der Waals surface area contributed by atoms with E-state index in [0.29, 0.717) is 13.0 Å². The van der Waals surface area contributed by atoms with Crippen LogP contribution in [0, 0.1) is 5.41 Å². The van der Waals surface area contributed by atoms with Crippen molar-refractivity contribution in [3.63, 3.8) is 0 Å². The molecule has 0 spiro atoms. The van der Waals surface area contributed by atoms with E-state index in [1.165, 1.54) is 0 Å². The minimum absolute atomic E-state index is 0.133. The number of amides is 1. The lowest BCUT2D eigenvalue weighted by atomic mass is 9.93. The Balaban J connectivity index is 1.88. The summed E-state index contributed by atoms with van der Waals surface area (Å²) in [6.07, 6.45) is 1.48. The third-order valence-corrected chi connectivity index (χ3v) is 3.52. The summed E-state index contributed by atoms with van der Waals surface area (Å²) >= 11 is 0. The Morgan fingerprint density at radius 1 is 1.30 bits per heavy atom. The summed E-state index contributed by atoms with van der Waals surface area (Å²) in [6, 6.07) is 9.59. The number of hydrogen-bond donors (Lipinski definition) is 0. The van der Waals surface area contributed by atoms with Gasteiger partial charge in [-0.1, -0.05) is 30.3 Å². The SMILES string of the molecule is CC(C)(CN1CCCC1=O)C(=O)OCc1ccccc1. The van der Waals surface area contributed by atoms with Crippen molar-refractivity contribution in [2.75, 3.05) is 13.1 Å². The second-order valence-corrected chi connectivity index (χ2v) is 5.86. The van der Waals surface area contributed by atoms with Crippen molar-refractivity contribution in [2.24, 2.45) is 5.41 Å². The molecule has 0 aromatic heterocycles. The molecule has 4 nitrogen and oxygen atoms in total. The molecule has 1 fully saturated rings. The van der Waals surface area contributed by atoms with Crippen LogP contribution in [-0.4, -0.2) is 29.9 Å². The zero-order valence-electron chi connectivity index (χ0n) is 12.1. The first-order chi connectivity index (χ1) is 9.49. The maximum atomic E-state index is 12.2. The molecule has 1 aromatic rings. The topological polar surface area (TPSA) is 46.6 Å². The number of rotatable bonds is 5. The minimum atomic E-state index is -0.672. The van der Waals surface area contributed by atoms with Crippen molar-refractivity contribution in [1.82, 2.24) is 4.90 Å². The monoisotopic (exact) mass is 275 g/mol. The summed E-state index contributed by atoms with van der Waals surface area (Å²) in [5.41, 5.74) is 0.295. The van der Waals surface area contributed by atoms with Crippen LogP contribution in [0.5, 0.6) is 0 Å². The van der Waals surface area contributed by atoms with E-state index in [4.69, 9.17) is 4.74 Å². The molecule has 0 aliphatic carbocycles. The highest BCUT2D eigenvalue weighted by atomic mass is 16.5. The van der Waals surface area contributed by atoms with Crippen LogP contribution in [0.1, 0.15) is 32.3 Å². The molecule has 0 radical (unpaired) electrons. The maximum Gasteiger partial charge on any atom is 0.313 e. The second kappa shape index (κ2) is 6.07. The van der Waals surface area contributed by atoms with Crippen LogP contribution < -0.4 is 0 Å². The molecule has 108 valence electrons. The molecular weight excluding hydrogens is 254 g/mol. The lowest BCUT2D eigenvalue weighted by Gasteiger charge is -2.28. The van der Waals surface area contributed by atoms with Crippen molar-refractivity contribution in [3.8, 4) is 0 Å². The first-order valence-corrected chi connectivity index (χ1v) is 6.98. The van der Waals surface area contributed by atoms with Gasteiger partial charge in [0.25, 0.3) is 0 Å². The largest absolute Gasteiger partial charge is 0.460 e. The van der Waals surface area contributed by atoms with Crippen LogP contribution in [0.4, 0.5) is 0 Å². The summed E-state index contributed by atoms with van der Waals surface area (Å²) < 4.78 is 5.36. The number of esters is 1. The zero-order chi connectivity index (χ0) is 14.6. The lowest BCUT2D eigenvalue weighted by molar-refractivity contribution is -0.156. The number of likely N-dealkylation sites (tertiary alicyclic amines) is 1. The van der Waals surface area contributed by atoms with Gasteiger partial charge in [-0.15, -0.1) is 0 Å². The van der Waals surface area contributed by atoms with Crippen molar-refractivity contribution in [1.29, 1.82) is 0 Å². The number of nitrogens with zero attached hydrogens (tertiary/aromatic N) is 1. The normalized spacial score (nSPS) is 15.5. The molecule has 1 aliphatic rings. The van der Waals surface area contributed by atoms with Gasteiger partial charge in [0.2, 0.25) is 5.91 Å². The van der Waals surface area contributed by atoms with Gasteiger partial charge in [-0.25, -0.2) is 0 Å². The van der Waals surface area contributed by atoms with Crippen molar-refractivity contribution in [2.45, 2.75) is 33.3 Å². The third-order valence-electron chi connectivity index (χ3n) is 3.52. The number of carbonyl (C=O) groups is 2. The van der Waals surface area contributed by atoms with Gasteiger partial charge < -0.3 is 9.64 Å². The van der Waals surface area contributed by atoms with E-state index in [9.17, 15) is 9.59 Å². The summed E-state index contributed by atoms with van der Waals surface area (Å²) in [4.78, 5) is 25.6. The summed E-state index contributed by atoms with van der Waals surface area (Å²) in [6.45, 7) is 5.10. The summed E-state index contributed by atoms with van der Waals surface area (Å²) in [5, 5.41) is 0. The lowest BCUT2D eigenvalue weighted by Crippen LogP contribution is -2.40. The highest BCUT2D eigenvalue weighted by Gasteiger charge is 2.34. The molecule has 0 atom stereocenters. The average molecular weight is 275 g/mol. The van der Waals surface area contributed by atoms with Crippen LogP contribution in [0.15, 0.2) is 30.3 Å². The average Bonchev–Trinajstić information content (AvgIpc) is 2.82. The van der Waals surface area contributed by atoms with Crippen LogP contribution in [0.3, 0.4) is 0 Å². The molecule has 20 heavy (non-hydrogen) atoms. The van der Waals surface area contributed by atoms with Gasteiger partial charge in [0.05, 0.1) is 5.41 Å². The van der Waals surface area contributed by atoms with Crippen LogP contribution in [0.2, 0.25) is 0 Å². The first kappa shape index (κ1) is 14.6. The minimum Gasteiger partial charge on any atom is -0.460 e. The van der Waals surface area contributed by atoms with Gasteiger partial charge in [0.15, 0.2) is 0 Å². The van der Waals surface area contributed by atoms with Gasteiger partial charge >= 0.3 is 5.97 Å². The predicted octanol–water partition coefficient (Wildman–Crippen LogP) is 2.38. The summed E-state index contributed by atoms with van der Waals surface area (Å²) in [5.74, 6) is -0.130. The molecule has 4 heteroatoms. The van der Waals surface area contributed by atoms with Crippen LogP contribution in [-0.2, 0) is 20.9 Å². The van der Waals surface area contributed by atoms with E-state index in [2.05, 4.69) is 0 Å². The predicted molar refractivity (Wildman–Crippen MR) is 75.8 cm³/mol. The van der Waals surface area contributed by atoms with Crippen molar-refractivity contribution >= 4 is 11.9 Å². The van der Waals surface area contributed by atoms with E-state index < -0.39 is 5.41 Å². The Labute approximate surface area is 119 Å². The fraction of sp³-hybridized carbons (Fsp3) is 0.500. The zero-order valence-corrected chi connectivity index (χ0v) is 12.1. The molecule has 0 bridgehead atoms. The quantitative estimate of drug-likeness (QED) is 0.775. The van der Waals surface area contributed by atoms with E-state index in [1.54, 1.807) is 4.90 Å². The fourth-order valence-corrected chi connectivity index (χ4v) is 2.33. The molecule has 0 saturated carbocycles. The number of carbonyl (C=O) groups excluding carboxylic acids is 2. The van der Waals surface area contributed by atoms with Crippen LogP contribution >= 0.6 is 0 Å². The molecule has 1 heterocycles. The van der Waals surface area contributed by atoms with Crippen LogP contribution in [0.25, 0.3) is 0 Å². The van der Waals surface area contributed by atoms with Gasteiger partial charge in [-0.3, -0.25) is 9.59 Å². The number of hydrogen-bond acceptors (Lipinski definition) is 3. The number of ether oxygens (including phenoxy) is 1. The Bertz CT molecular complexity index is 482. The molecule has 1 aromatic carbocycles. The molecule has 1 aliphatic heterocycles. The van der Waals surface area contributed by atoms with Gasteiger partial charge in [-0.05, 0) is 25.8 Å². The third kappa shape index (κ3) is 3.59. The van der Waals surface area contributed by atoms with E-state index >= 15 is 0 Å². The van der Waals surface area contributed by atoms with Gasteiger partial charge in [0.1, 0.15) is 6.61 Å². The van der Waals surface area contributed by atoms with Crippen molar-refractivity contribution in [3.05, 3.63) is 35.9 Å². The van der Waals surface area contributed by atoms with Gasteiger partial charge in [-0.2, -0.15) is 0 Å². The molecule has 0 unspecified atom stereocenters. The Hall–Kier alpha value is -1.84. The standard InChI is InChI=1S/C16H21NO3/c1-16(2,12-17-10-6-9-14(17)18)15(19)20-11-13-7-4-3-5-8-13/h3-5,7-8H,6,9-12H2,1-2H3. The Morgan fingerprint density at radius 2 is 2.00 bits per heavy atom. The molecule has 0 N–H and O–H groups in total. The second-order valence-electron chi connectivity index (χ2n) is 5.86. The van der Waals surface area contributed by atoms with E-state index in [0.717, 1.165) is 18.5 Å². The van der Waals surface area contributed by atoms with Gasteiger partial charge in [0, 0.05) is 19.5 Å². The molecule has 1 amide bonds. The smallest absolute Gasteiger partial charge is 0.313 e. The molecule has 1 saturated heterocycles. The maximum absolute atomic E-state index is 12.2.